The number of aromatic nitrogens is 1. The number of benzene rings is 3. The van der Waals surface area contributed by atoms with Gasteiger partial charge in [-0.2, -0.15) is 5.26 Å². The summed E-state index contributed by atoms with van der Waals surface area (Å²) in [5.74, 6) is 0. The van der Waals surface area contributed by atoms with Crippen molar-refractivity contribution in [2.24, 2.45) is 0 Å². The second kappa shape index (κ2) is 6.70. The Kier molecular flexibility index (Phi) is 4.09. The molecule has 4 rings (SSSR count). The Morgan fingerprint density at radius 1 is 0.846 bits per heavy atom. The Morgan fingerprint density at radius 2 is 1.65 bits per heavy atom. The van der Waals surface area contributed by atoms with Gasteiger partial charge in [0, 0.05) is 11.6 Å². The fourth-order valence-electron chi connectivity index (χ4n) is 3.14. The lowest BCUT2D eigenvalue weighted by molar-refractivity contribution is 0.768. The lowest BCUT2D eigenvalue weighted by atomic mass is 10.0. The average molecular weight is 336 g/mol. The summed E-state index contributed by atoms with van der Waals surface area (Å²) in [6.45, 7) is 0.557. The van der Waals surface area contributed by atoms with Crippen LogP contribution in [0.5, 0.6) is 0 Å². The summed E-state index contributed by atoms with van der Waals surface area (Å²) in [5, 5.41) is 10.7. The number of hydrogen-bond acceptors (Lipinski definition) is 2. The van der Waals surface area contributed by atoms with E-state index in [0.717, 1.165) is 22.1 Å². The number of nitriles is 1. The van der Waals surface area contributed by atoms with E-state index in [1.165, 1.54) is 0 Å². The molecule has 0 bridgehead atoms. The zero-order chi connectivity index (χ0) is 17.9. The van der Waals surface area contributed by atoms with Crippen LogP contribution < -0.4 is 5.56 Å². The Labute approximate surface area is 151 Å². The minimum atomic E-state index is 0.00341. The van der Waals surface area contributed by atoms with Gasteiger partial charge in [0.2, 0.25) is 0 Å². The molecule has 1 heterocycles. The van der Waals surface area contributed by atoms with Crippen LogP contribution >= 0.6 is 0 Å². The van der Waals surface area contributed by atoms with Crippen LogP contribution in [-0.4, -0.2) is 4.57 Å². The second-order valence-electron chi connectivity index (χ2n) is 6.23. The van der Waals surface area contributed by atoms with Crippen molar-refractivity contribution in [3.8, 4) is 17.2 Å². The molecule has 0 unspecified atom stereocenters. The predicted octanol–water partition coefficient (Wildman–Crippen LogP) is 4.59. The molecule has 0 spiro atoms. The van der Waals surface area contributed by atoms with Gasteiger partial charge in [0.05, 0.1) is 18.2 Å². The Balaban J connectivity index is 1.75. The lowest BCUT2D eigenvalue weighted by Gasteiger charge is -2.09. The van der Waals surface area contributed by atoms with Gasteiger partial charge in [-0.1, -0.05) is 48.5 Å². The molecule has 0 N–H and O–H groups in total. The van der Waals surface area contributed by atoms with Crippen molar-refractivity contribution < 1.29 is 0 Å². The van der Waals surface area contributed by atoms with E-state index in [4.69, 9.17) is 5.26 Å². The van der Waals surface area contributed by atoms with Crippen molar-refractivity contribution in [3.63, 3.8) is 0 Å². The van der Waals surface area contributed by atoms with Crippen molar-refractivity contribution in [2.75, 3.05) is 0 Å². The van der Waals surface area contributed by atoms with Crippen LogP contribution in [0.1, 0.15) is 11.1 Å². The minimum Gasteiger partial charge on any atom is -0.311 e. The molecular formula is C23H16N2O. The maximum absolute atomic E-state index is 12.8. The van der Waals surface area contributed by atoms with E-state index in [1.54, 1.807) is 10.6 Å². The molecule has 4 aromatic rings. The molecule has 0 atom stereocenters. The van der Waals surface area contributed by atoms with Gasteiger partial charge in [0.15, 0.2) is 0 Å². The third-order valence-electron chi connectivity index (χ3n) is 4.50. The zero-order valence-corrected chi connectivity index (χ0v) is 14.1. The third-order valence-corrected chi connectivity index (χ3v) is 4.50. The fraction of sp³-hybridized carbons (Fsp3) is 0.0435. The van der Waals surface area contributed by atoms with Crippen LogP contribution in [0.2, 0.25) is 0 Å². The van der Waals surface area contributed by atoms with Crippen LogP contribution in [0.3, 0.4) is 0 Å². The first kappa shape index (κ1) is 15.9. The SMILES string of the molecule is N#Cc1cccc(-c2ccc3c(=O)n(Cc4ccccc4)ccc3c2)c1. The summed E-state index contributed by atoms with van der Waals surface area (Å²) >= 11 is 0. The molecule has 3 aromatic carbocycles. The maximum Gasteiger partial charge on any atom is 0.258 e. The molecule has 0 aliphatic rings. The standard InChI is InChI=1S/C23H16N2O/c24-15-18-7-4-8-19(13-18)20-9-10-22-21(14-20)11-12-25(23(22)26)16-17-5-2-1-3-6-17/h1-14H,16H2. The average Bonchev–Trinajstić information content (AvgIpc) is 2.71. The summed E-state index contributed by atoms with van der Waals surface area (Å²) in [6, 6.07) is 27.4. The number of rotatable bonds is 3. The monoisotopic (exact) mass is 336 g/mol. The molecule has 1 aromatic heterocycles. The van der Waals surface area contributed by atoms with E-state index in [1.807, 2.05) is 79.0 Å². The molecule has 0 radical (unpaired) electrons. The van der Waals surface area contributed by atoms with Gasteiger partial charge in [-0.15, -0.1) is 0 Å². The Bertz CT molecular complexity index is 1180. The number of pyridine rings is 1. The highest BCUT2D eigenvalue weighted by Crippen LogP contribution is 2.24. The summed E-state index contributed by atoms with van der Waals surface area (Å²) in [6.07, 6.45) is 1.84. The van der Waals surface area contributed by atoms with Crippen molar-refractivity contribution >= 4 is 10.8 Å². The molecule has 0 fully saturated rings. The predicted molar refractivity (Wildman–Crippen MR) is 104 cm³/mol. The van der Waals surface area contributed by atoms with E-state index in [-0.39, 0.29) is 5.56 Å². The Morgan fingerprint density at radius 3 is 2.46 bits per heavy atom. The van der Waals surface area contributed by atoms with Gasteiger partial charge in [-0.3, -0.25) is 4.79 Å². The maximum atomic E-state index is 12.8. The van der Waals surface area contributed by atoms with E-state index in [2.05, 4.69) is 6.07 Å². The molecule has 26 heavy (non-hydrogen) atoms. The van der Waals surface area contributed by atoms with Crippen LogP contribution in [0.15, 0.2) is 89.9 Å². The van der Waals surface area contributed by atoms with Crippen LogP contribution in [0.4, 0.5) is 0 Å². The largest absolute Gasteiger partial charge is 0.311 e. The summed E-state index contributed by atoms with van der Waals surface area (Å²) < 4.78 is 1.73. The smallest absolute Gasteiger partial charge is 0.258 e. The molecule has 3 heteroatoms. The number of fused-ring (bicyclic) bond motifs is 1. The van der Waals surface area contributed by atoms with Gasteiger partial charge in [-0.25, -0.2) is 0 Å². The quantitative estimate of drug-likeness (QED) is 0.549. The van der Waals surface area contributed by atoms with Gasteiger partial charge in [-0.05, 0) is 52.4 Å². The van der Waals surface area contributed by atoms with E-state index in [0.29, 0.717) is 17.5 Å². The number of nitrogens with zero attached hydrogens (tertiary/aromatic N) is 2. The molecule has 0 saturated heterocycles. The first-order valence-electron chi connectivity index (χ1n) is 8.42. The van der Waals surface area contributed by atoms with Crippen LogP contribution in [0.25, 0.3) is 21.9 Å². The van der Waals surface area contributed by atoms with Gasteiger partial charge >= 0.3 is 0 Å². The van der Waals surface area contributed by atoms with Gasteiger partial charge in [0.25, 0.3) is 5.56 Å². The summed E-state index contributed by atoms with van der Waals surface area (Å²) in [4.78, 5) is 12.8. The molecule has 0 saturated carbocycles. The Hall–Kier alpha value is -3.64. The molecule has 3 nitrogen and oxygen atoms in total. The fourth-order valence-corrected chi connectivity index (χ4v) is 3.14. The summed E-state index contributed by atoms with van der Waals surface area (Å²) in [5.41, 5.74) is 3.69. The zero-order valence-electron chi connectivity index (χ0n) is 14.1. The second-order valence-corrected chi connectivity index (χ2v) is 6.23. The van der Waals surface area contributed by atoms with Crippen molar-refractivity contribution in [3.05, 3.63) is 107 Å². The highest BCUT2D eigenvalue weighted by atomic mass is 16.1. The van der Waals surface area contributed by atoms with Gasteiger partial charge in [0.1, 0.15) is 0 Å². The molecular weight excluding hydrogens is 320 g/mol. The van der Waals surface area contributed by atoms with Gasteiger partial charge < -0.3 is 4.57 Å². The van der Waals surface area contributed by atoms with E-state index in [9.17, 15) is 4.79 Å². The van der Waals surface area contributed by atoms with E-state index >= 15 is 0 Å². The van der Waals surface area contributed by atoms with Crippen molar-refractivity contribution in [1.82, 2.24) is 4.57 Å². The first-order valence-corrected chi connectivity index (χ1v) is 8.42. The first-order chi connectivity index (χ1) is 12.7. The molecule has 0 aliphatic heterocycles. The summed E-state index contributed by atoms with van der Waals surface area (Å²) in [7, 11) is 0. The highest BCUT2D eigenvalue weighted by molar-refractivity contribution is 5.86. The molecule has 0 aliphatic carbocycles. The van der Waals surface area contributed by atoms with Crippen LogP contribution in [0, 0.1) is 11.3 Å². The highest BCUT2D eigenvalue weighted by Gasteiger charge is 2.06. The van der Waals surface area contributed by atoms with Crippen LogP contribution in [-0.2, 0) is 6.54 Å². The van der Waals surface area contributed by atoms with E-state index < -0.39 is 0 Å². The normalized spacial score (nSPS) is 10.6. The van der Waals surface area contributed by atoms with Crippen molar-refractivity contribution in [2.45, 2.75) is 6.54 Å². The topological polar surface area (TPSA) is 45.8 Å². The minimum absolute atomic E-state index is 0.00341. The molecule has 0 amide bonds. The third kappa shape index (κ3) is 3.01. The number of hydrogen-bond donors (Lipinski definition) is 0. The lowest BCUT2D eigenvalue weighted by Crippen LogP contribution is -2.19. The molecule has 124 valence electrons. The van der Waals surface area contributed by atoms with Crippen molar-refractivity contribution in [1.29, 1.82) is 5.26 Å².